The summed E-state index contributed by atoms with van der Waals surface area (Å²) in [5, 5.41) is 23.0. The van der Waals surface area contributed by atoms with Gasteiger partial charge in [-0.3, -0.25) is 18.7 Å². The highest BCUT2D eigenvalue weighted by molar-refractivity contribution is 7.18. The summed E-state index contributed by atoms with van der Waals surface area (Å²) in [5.74, 6) is 7.24. The van der Waals surface area contributed by atoms with E-state index < -0.39 is 6.10 Å². The number of rotatable bonds is 6. The van der Waals surface area contributed by atoms with Gasteiger partial charge in [-0.25, -0.2) is 39.3 Å². The van der Waals surface area contributed by atoms with Gasteiger partial charge in [0.15, 0.2) is 11.3 Å². The van der Waals surface area contributed by atoms with E-state index in [1.54, 1.807) is 31.6 Å². The second-order valence-electron chi connectivity index (χ2n) is 14.8. The Morgan fingerprint density at radius 2 is 1.35 bits per heavy atom. The molecule has 314 valence electrons. The maximum Gasteiger partial charge on any atom is 0.267 e. The first-order valence-electron chi connectivity index (χ1n) is 19.6. The van der Waals surface area contributed by atoms with E-state index in [0.29, 0.717) is 60.8 Å². The van der Waals surface area contributed by atoms with Crippen LogP contribution in [0.3, 0.4) is 0 Å². The summed E-state index contributed by atoms with van der Waals surface area (Å²) >= 11 is 2.94. The van der Waals surface area contributed by atoms with E-state index in [1.165, 1.54) is 35.3 Å². The number of fused-ring (bicyclic) bond motifs is 4. The summed E-state index contributed by atoms with van der Waals surface area (Å²) in [6.45, 7) is 9.82. The van der Waals surface area contributed by atoms with Gasteiger partial charge in [0.1, 0.15) is 70.5 Å². The first-order chi connectivity index (χ1) is 30.4. The van der Waals surface area contributed by atoms with Crippen molar-refractivity contribution in [1.29, 1.82) is 0 Å². The van der Waals surface area contributed by atoms with Crippen LogP contribution in [-0.4, -0.2) is 69.8 Å². The van der Waals surface area contributed by atoms with E-state index in [4.69, 9.17) is 21.4 Å². The van der Waals surface area contributed by atoms with Gasteiger partial charge in [0.05, 0.1) is 39.1 Å². The zero-order valence-electron chi connectivity index (χ0n) is 34.6. The second-order valence-corrected chi connectivity index (χ2v) is 16.9. The summed E-state index contributed by atoms with van der Waals surface area (Å²) < 4.78 is 6.61. The van der Waals surface area contributed by atoms with Gasteiger partial charge >= 0.3 is 0 Å². The van der Waals surface area contributed by atoms with E-state index in [1.807, 2.05) is 87.7 Å². The minimum absolute atomic E-state index is 0.0800. The number of thiophene rings is 2. The fraction of sp³-hybridized carbons (Fsp3) is 0.182. The van der Waals surface area contributed by atoms with Crippen molar-refractivity contribution in [1.82, 2.24) is 58.6 Å². The molecule has 0 aliphatic rings. The SMILES string of the molecule is Cc1cc2c(=O)n(-c3ccccc3C)c(Cn3nc(C#C[C@H](C)O)c4c(N)ncnc43)nc2s1.Cc1ccccc1-n1c(Cn2ncc3c(N)ncnc32)nc2scc(C)c2c1=O. The van der Waals surface area contributed by atoms with Crippen molar-refractivity contribution >= 4 is 76.8 Å². The molecular formula is C44H38N14O3S2. The molecule has 8 heterocycles. The van der Waals surface area contributed by atoms with E-state index >= 15 is 0 Å². The molecule has 0 aliphatic heterocycles. The first kappa shape index (κ1) is 40.7. The molecule has 17 nitrogen and oxygen atoms in total. The molecule has 8 aromatic heterocycles. The molecule has 0 bridgehead atoms. The van der Waals surface area contributed by atoms with E-state index in [0.717, 1.165) is 37.8 Å². The Bertz CT molecular complexity index is 3600. The third kappa shape index (κ3) is 7.45. The summed E-state index contributed by atoms with van der Waals surface area (Å²) in [7, 11) is 0. The maximum atomic E-state index is 13.6. The number of hydrogen-bond donors (Lipinski definition) is 3. The van der Waals surface area contributed by atoms with Crippen molar-refractivity contribution < 1.29 is 5.11 Å². The van der Waals surface area contributed by atoms with Crippen molar-refractivity contribution in [3.63, 3.8) is 0 Å². The normalized spacial score (nSPS) is 11.8. The predicted octanol–water partition coefficient (Wildman–Crippen LogP) is 5.40. The van der Waals surface area contributed by atoms with Gasteiger partial charge < -0.3 is 16.6 Å². The lowest BCUT2D eigenvalue weighted by Crippen LogP contribution is -2.26. The summed E-state index contributed by atoms with van der Waals surface area (Å²) in [6.07, 6.45) is 3.57. The monoisotopic (exact) mass is 874 g/mol. The van der Waals surface area contributed by atoms with Gasteiger partial charge in [0.25, 0.3) is 11.1 Å². The molecule has 10 aromatic rings. The molecule has 0 unspecified atom stereocenters. The lowest BCUT2D eigenvalue weighted by Gasteiger charge is -2.15. The third-order valence-electron chi connectivity index (χ3n) is 10.3. The quantitative estimate of drug-likeness (QED) is 0.178. The minimum Gasteiger partial charge on any atom is -0.383 e. The largest absolute Gasteiger partial charge is 0.383 e. The number of aliphatic hydroxyl groups is 1. The molecular weight excluding hydrogens is 837 g/mol. The fourth-order valence-corrected chi connectivity index (χ4v) is 9.17. The molecule has 0 spiro atoms. The number of nitrogen functional groups attached to an aromatic ring is 2. The zero-order chi connectivity index (χ0) is 44.1. The molecule has 0 amide bonds. The van der Waals surface area contributed by atoms with Crippen LogP contribution in [0.5, 0.6) is 0 Å². The number of anilines is 2. The Morgan fingerprint density at radius 1 is 0.730 bits per heavy atom. The van der Waals surface area contributed by atoms with Crippen LogP contribution >= 0.6 is 22.7 Å². The van der Waals surface area contributed by atoms with Gasteiger partial charge in [-0.05, 0) is 80.8 Å². The Labute approximate surface area is 366 Å². The number of nitrogens with two attached hydrogens (primary N) is 2. The summed E-state index contributed by atoms with van der Waals surface area (Å²) in [6, 6.07) is 17.3. The average molecular weight is 875 g/mol. The van der Waals surface area contributed by atoms with E-state index in [9.17, 15) is 14.7 Å². The topological polar surface area (TPSA) is 229 Å². The van der Waals surface area contributed by atoms with Crippen molar-refractivity contribution in [2.45, 2.75) is 53.8 Å². The van der Waals surface area contributed by atoms with Crippen LogP contribution < -0.4 is 22.6 Å². The van der Waals surface area contributed by atoms with Crippen LogP contribution in [0.25, 0.3) is 53.9 Å². The standard InChI is InChI=1S/C24H21N7O2S.C20H17N7OS/c1-13-6-4-5-7-18(13)31-19(28-23-16(24(31)33)10-15(3)34-23)11-30-22-20(21(25)26-12-27-22)17(29-30)9-8-14(2)32;1-11-5-3-4-6-14(11)27-15(25-19-16(20(27)28)12(2)9-29-19)8-26-18-13(7-24-26)17(21)22-10-23-18/h4-7,10,12,14,32H,11H2,1-3H3,(H2,25,26,27);3-7,9-10H,8H2,1-2H3,(H2,21,22,23)/t14-;/m0./s1. The van der Waals surface area contributed by atoms with Crippen LogP contribution in [0.4, 0.5) is 11.6 Å². The lowest BCUT2D eigenvalue weighted by atomic mass is 10.2. The number of para-hydroxylation sites is 2. The molecule has 5 N–H and O–H groups in total. The Balaban J connectivity index is 0.000000162. The highest BCUT2D eigenvalue weighted by Gasteiger charge is 2.22. The smallest absolute Gasteiger partial charge is 0.267 e. The van der Waals surface area contributed by atoms with E-state index in [2.05, 4.69) is 42.0 Å². The van der Waals surface area contributed by atoms with Gasteiger partial charge in [-0.1, -0.05) is 42.3 Å². The maximum absolute atomic E-state index is 13.6. The fourth-order valence-electron chi connectivity index (χ4n) is 7.35. The molecule has 19 heteroatoms. The first-order valence-corrected chi connectivity index (χ1v) is 21.3. The molecule has 2 aromatic carbocycles. The molecule has 10 rings (SSSR count). The summed E-state index contributed by atoms with van der Waals surface area (Å²) in [4.78, 5) is 55.9. The molecule has 0 saturated carbocycles. The van der Waals surface area contributed by atoms with E-state index in [-0.39, 0.29) is 30.0 Å². The number of aryl methyl sites for hydroxylation is 4. The van der Waals surface area contributed by atoms with Crippen LogP contribution in [-0.2, 0) is 13.1 Å². The average Bonchev–Trinajstić information content (AvgIpc) is 4.04. The van der Waals surface area contributed by atoms with Gasteiger partial charge in [-0.15, -0.1) is 22.7 Å². The Hall–Kier alpha value is -7.66. The molecule has 63 heavy (non-hydrogen) atoms. The molecule has 0 radical (unpaired) electrons. The number of hydrogen-bond acceptors (Lipinski definition) is 15. The Morgan fingerprint density at radius 3 is 2.03 bits per heavy atom. The Kier molecular flexibility index (Phi) is 10.5. The van der Waals surface area contributed by atoms with Gasteiger partial charge in [0, 0.05) is 4.88 Å². The highest BCUT2D eigenvalue weighted by Crippen LogP contribution is 2.27. The number of benzene rings is 2. The molecule has 0 fully saturated rings. The van der Waals surface area contributed by atoms with Crippen molar-refractivity contribution in [3.8, 4) is 23.2 Å². The zero-order valence-corrected chi connectivity index (χ0v) is 36.2. The van der Waals surface area contributed by atoms with Crippen LogP contribution in [0.15, 0.2) is 88.4 Å². The summed E-state index contributed by atoms with van der Waals surface area (Å²) in [5.41, 5.74) is 17.7. The predicted molar refractivity (Wildman–Crippen MR) is 246 cm³/mol. The molecule has 0 saturated heterocycles. The van der Waals surface area contributed by atoms with Gasteiger partial charge in [0.2, 0.25) is 0 Å². The number of nitrogens with zero attached hydrogens (tertiary/aromatic N) is 12. The molecule has 1 atom stereocenters. The lowest BCUT2D eigenvalue weighted by molar-refractivity contribution is 0.253. The third-order valence-corrected chi connectivity index (χ3v) is 12.3. The minimum atomic E-state index is -0.830. The van der Waals surface area contributed by atoms with Crippen LogP contribution in [0.1, 0.15) is 45.8 Å². The molecule has 0 aliphatic carbocycles. The van der Waals surface area contributed by atoms with Crippen molar-refractivity contribution in [3.05, 3.63) is 138 Å². The number of aliphatic hydroxyl groups excluding tert-OH is 1. The van der Waals surface area contributed by atoms with Crippen LogP contribution in [0, 0.1) is 39.5 Å². The van der Waals surface area contributed by atoms with Crippen molar-refractivity contribution in [2.24, 2.45) is 0 Å². The second kappa shape index (κ2) is 16.3. The van der Waals surface area contributed by atoms with Crippen molar-refractivity contribution in [2.75, 3.05) is 11.5 Å². The highest BCUT2D eigenvalue weighted by atomic mass is 32.1. The van der Waals surface area contributed by atoms with Gasteiger partial charge in [-0.2, -0.15) is 10.2 Å². The number of aromatic nitrogens is 12. The van der Waals surface area contributed by atoms with Crippen LogP contribution in [0.2, 0.25) is 0 Å².